The Morgan fingerprint density at radius 2 is 1.94 bits per heavy atom. The molecule has 0 fully saturated rings. The number of rotatable bonds is 1. The van der Waals surface area contributed by atoms with Gasteiger partial charge in [-0.1, -0.05) is 19.9 Å². The molecule has 1 heterocycles. The molecule has 1 aromatic carbocycles. The standard InChI is InChI=1S/C16H23NO/c1-7-12-9-14-13(8-10(12)2)11(3)15(18)16(4,5)17(14)6/h8-9,11H,7H2,1-6H3. The maximum atomic E-state index is 12.4. The minimum Gasteiger partial charge on any atom is -0.362 e. The van der Waals surface area contributed by atoms with Crippen molar-refractivity contribution in [2.45, 2.75) is 52.5 Å². The number of likely N-dealkylation sites (N-methyl/N-ethyl adjacent to an activating group) is 1. The van der Waals surface area contributed by atoms with Crippen LogP contribution in [0.1, 0.15) is 50.3 Å². The maximum absolute atomic E-state index is 12.4. The summed E-state index contributed by atoms with van der Waals surface area (Å²) in [7, 11) is 2.03. The molecule has 0 radical (unpaired) electrons. The van der Waals surface area contributed by atoms with Crippen LogP contribution in [0.3, 0.4) is 0 Å². The van der Waals surface area contributed by atoms with Gasteiger partial charge in [-0.3, -0.25) is 4.79 Å². The number of fused-ring (bicyclic) bond motifs is 1. The van der Waals surface area contributed by atoms with Crippen LogP contribution in [0, 0.1) is 6.92 Å². The van der Waals surface area contributed by atoms with Gasteiger partial charge in [0.2, 0.25) is 0 Å². The molecule has 0 saturated carbocycles. The van der Waals surface area contributed by atoms with Gasteiger partial charge in [0.05, 0.1) is 5.54 Å². The van der Waals surface area contributed by atoms with Gasteiger partial charge in [0.1, 0.15) is 0 Å². The Labute approximate surface area is 110 Å². The van der Waals surface area contributed by atoms with Crippen molar-refractivity contribution in [2.75, 3.05) is 11.9 Å². The number of carbonyl (C=O) groups is 1. The molecule has 1 unspecified atom stereocenters. The number of nitrogens with zero attached hydrogens (tertiary/aromatic N) is 1. The van der Waals surface area contributed by atoms with E-state index in [-0.39, 0.29) is 5.92 Å². The van der Waals surface area contributed by atoms with Crippen LogP contribution in [-0.4, -0.2) is 18.4 Å². The van der Waals surface area contributed by atoms with Crippen LogP contribution >= 0.6 is 0 Å². The number of Topliss-reactive ketones (excluding diaryl/α,β-unsaturated/α-hetero) is 1. The molecular weight excluding hydrogens is 222 g/mol. The molecule has 2 nitrogen and oxygen atoms in total. The fraction of sp³-hybridized carbons (Fsp3) is 0.562. The van der Waals surface area contributed by atoms with Gasteiger partial charge in [-0.2, -0.15) is 0 Å². The maximum Gasteiger partial charge on any atom is 0.164 e. The number of benzene rings is 1. The predicted octanol–water partition coefficient (Wildman–Crippen LogP) is 3.46. The lowest BCUT2D eigenvalue weighted by Gasteiger charge is -2.44. The number of ketones is 1. The Morgan fingerprint density at radius 3 is 2.50 bits per heavy atom. The SMILES string of the molecule is CCc1cc2c(cc1C)C(C)C(=O)C(C)(C)N2C. The van der Waals surface area contributed by atoms with E-state index < -0.39 is 5.54 Å². The molecule has 1 atom stereocenters. The van der Waals surface area contributed by atoms with E-state index in [0.717, 1.165) is 6.42 Å². The highest BCUT2D eigenvalue weighted by atomic mass is 16.1. The molecule has 2 heteroatoms. The third kappa shape index (κ3) is 1.66. The van der Waals surface area contributed by atoms with Gasteiger partial charge < -0.3 is 4.90 Å². The van der Waals surface area contributed by atoms with Crippen molar-refractivity contribution < 1.29 is 4.79 Å². The zero-order valence-electron chi connectivity index (χ0n) is 12.3. The third-order valence-corrected chi connectivity index (χ3v) is 4.53. The lowest BCUT2D eigenvalue weighted by atomic mass is 9.78. The first-order valence-corrected chi connectivity index (χ1v) is 6.72. The summed E-state index contributed by atoms with van der Waals surface area (Å²) in [6.07, 6.45) is 1.04. The molecule has 0 saturated heterocycles. The van der Waals surface area contributed by atoms with Crippen LogP contribution in [0.25, 0.3) is 0 Å². The van der Waals surface area contributed by atoms with Crippen molar-refractivity contribution >= 4 is 11.5 Å². The number of anilines is 1. The Bertz CT molecular complexity index is 502. The minimum atomic E-state index is -0.410. The Kier molecular flexibility index (Phi) is 3.00. The summed E-state index contributed by atoms with van der Waals surface area (Å²) >= 11 is 0. The topological polar surface area (TPSA) is 20.3 Å². The van der Waals surface area contributed by atoms with Gasteiger partial charge in [0, 0.05) is 18.7 Å². The van der Waals surface area contributed by atoms with Crippen LogP contribution < -0.4 is 4.90 Å². The summed E-state index contributed by atoms with van der Waals surface area (Å²) in [5, 5.41) is 0. The summed E-state index contributed by atoms with van der Waals surface area (Å²) in [6.45, 7) is 10.4. The molecule has 1 aromatic rings. The van der Waals surface area contributed by atoms with E-state index in [1.54, 1.807) is 0 Å². The highest BCUT2D eigenvalue weighted by molar-refractivity contribution is 6.00. The van der Waals surface area contributed by atoms with Crippen LogP contribution in [-0.2, 0) is 11.2 Å². The molecule has 1 aliphatic rings. The average molecular weight is 245 g/mol. The van der Waals surface area contributed by atoms with Gasteiger partial charge >= 0.3 is 0 Å². The molecule has 18 heavy (non-hydrogen) atoms. The zero-order valence-corrected chi connectivity index (χ0v) is 12.3. The van der Waals surface area contributed by atoms with Crippen molar-refractivity contribution in [1.82, 2.24) is 0 Å². The van der Waals surface area contributed by atoms with Crippen molar-refractivity contribution in [2.24, 2.45) is 0 Å². The molecule has 98 valence electrons. The summed E-state index contributed by atoms with van der Waals surface area (Å²) in [5.74, 6) is 0.303. The highest BCUT2D eigenvalue weighted by Gasteiger charge is 2.42. The van der Waals surface area contributed by atoms with Gasteiger partial charge in [0.15, 0.2) is 5.78 Å². The van der Waals surface area contributed by atoms with Crippen LogP contribution in [0.15, 0.2) is 12.1 Å². The molecule has 0 N–H and O–H groups in total. The normalized spacial score (nSPS) is 22.0. The first kappa shape index (κ1) is 13.1. The molecule has 1 aliphatic heterocycles. The van der Waals surface area contributed by atoms with E-state index in [2.05, 4.69) is 30.9 Å². The van der Waals surface area contributed by atoms with Crippen molar-refractivity contribution in [3.05, 3.63) is 28.8 Å². The van der Waals surface area contributed by atoms with E-state index in [1.165, 1.54) is 22.4 Å². The molecule has 0 aliphatic carbocycles. The smallest absolute Gasteiger partial charge is 0.164 e. The summed E-state index contributed by atoms with van der Waals surface area (Å²) in [5.41, 5.74) is 4.65. The largest absolute Gasteiger partial charge is 0.362 e. The van der Waals surface area contributed by atoms with Gasteiger partial charge in [-0.25, -0.2) is 0 Å². The highest BCUT2D eigenvalue weighted by Crippen LogP contribution is 2.41. The fourth-order valence-corrected chi connectivity index (χ4v) is 2.92. The fourth-order valence-electron chi connectivity index (χ4n) is 2.92. The van der Waals surface area contributed by atoms with Gasteiger partial charge in [-0.05, 0) is 49.9 Å². The second kappa shape index (κ2) is 4.11. The van der Waals surface area contributed by atoms with Crippen molar-refractivity contribution in [3.63, 3.8) is 0 Å². The van der Waals surface area contributed by atoms with Gasteiger partial charge in [-0.15, -0.1) is 0 Å². The minimum absolute atomic E-state index is 0.00388. The number of aryl methyl sites for hydroxylation is 2. The molecular formula is C16H23NO. The van der Waals surface area contributed by atoms with Crippen LogP contribution in [0.4, 0.5) is 5.69 Å². The van der Waals surface area contributed by atoms with E-state index in [9.17, 15) is 4.79 Å². The Hall–Kier alpha value is -1.31. The second-order valence-corrected chi connectivity index (χ2v) is 5.90. The average Bonchev–Trinajstić information content (AvgIpc) is 2.34. The first-order valence-electron chi connectivity index (χ1n) is 6.72. The Balaban J connectivity index is 2.67. The molecule has 0 spiro atoms. The van der Waals surface area contributed by atoms with Crippen molar-refractivity contribution in [1.29, 1.82) is 0 Å². The van der Waals surface area contributed by atoms with Crippen LogP contribution in [0.2, 0.25) is 0 Å². The molecule has 2 rings (SSSR count). The second-order valence-electron chi connectivity index (χ2n) is 5.90. The van der Waals surface area contributed by atoms with E-state index in [1.807, 2.05) is 27.8 Å². The summed E-state index contributed by atoms with van der Waals surface area (Å²) < 4.78 is 0. The third-order valence-electron chi connectivity index (χ3n) is 4.53. The lowest BCUT2D eigenvalue weighted by Crippen LogP contribution is -2.53. The molecule has 0 bridgehead atoms. The first-order chi connectivity index (χ1) is 8.30. The van der Waals surface area contributed by atoms with Crippen molar-refractivity contribution in [3.8, 4) is 0 Å². The number of hydrogen-bond donors (Lipinski definition) is 0. The van der Waals surface area contributed by atoms with Crippen LogP contribution in [0.5, 0.6) is 0 Å². The quantitative estimate of drug-likeness (QED) is 0.755. The monoisotopic (exact) mass is 245 g/mol. The van der Waals surface area contributed by atoms with E-state index in [4.69, 9.17) is 0 Å². The molecule has 0 amide bonds. The lowest BCUT2D eigenvalue weighted by molar-refractivity contribution is -0.124. The van der Waals surface area contributed by atoms with E-state index in [0.29, 0.717) is 5.78 Å². The summed E-state index contributed by atoms with van der Waals surface area (Å²) in [4.78, 5) is 14.6. The Morgan fingerprint density at radius 1 is 1.33 bits per heavy atom. The number of hydrogen-bond acceptors (Lipinski definition) is 2. The van der Waals surface area contributed by atoms with E-state index >= 15 is 0 Å². The predicted molar refractivity (Wildman–Crippen MR) is 76.5 cm³/mol. The zero-order chi connectivity index (χ0) is 13.7. The van der Waals surface area contributed by atoms with Gasteiger partial charge in [0.25, 0.3) is 0 Å². The molecule has 0 aromatic heterocycles. The number of carbonyl (C=O) groups excluding carboxylic acids is 1. The summed E-state index contributed by atoms with van der Waals surface area (Å²) in [6, 6.07) is 4.46.